The fraction of sp³-hybridized carbons (Fsp3) is 0.350. The third kappa shape index (κ3) is 5.22. The Balaban J connectivity index is 1.36. The molecule has 0 radical (unpaired) electrons. The number of phenolic OH excluding ortho intramolecular Hbond substituents is 1. The van der Waals surface area contributed by atoms with Crippen LogP contribution in [-0.2, 0) is 4.74 Å². The first-order chi connectivity index (χ1) is 12.2. The topological polar surface area (TPSA) is 67.8 Å². The smallest absolute Gasteiger partial charge is 0.251 e. The summed E-state index contributed by atoms with van der Waals surface area (Å²) in [6.45, 7) is 1.77. The highest BCUT2D eigenvalue weighted by Gasteiger charge is 2.22. The largest absolute Gasteiger partial charge is 0.508 e. The van der Waals surface area contributed by atoms with E-state index in [0.29, 0.717) is 31.2 Å². The maximum absolute atomic E-state index is 12.1. The average molecular weight is 341 g/mol. The summed E-state index contributed by atoms with van der Waals surface area (Å²) >= 11 is 0. The first-order valence-corrected chi connectivity index (χ1v) is 8.57. The minimum atomic E-state index is -0.130. The highest BCUT2D eigenvalue weighted by atomic mass is 16.5. The lowest BCUT2D eigenvalue weighted by Gasteiger charge is -2.29. The molecule has 0 saturated carbocycles. The molecule has 132 valence electrons. The molecular weight excluding hydrogens is 318 g/mol. The number of hydrogen-bond acceptors (Lipinski definition) is 4. The van der Waals surface area contributed by atoms with Crippen LogP contribution in [0.4, 0.5) is 0 Å². The van der Waals surface area contributed by atoms with Crippen molar-refractivity contribution in [3.8, 4) is 11.5 Å². The quantitative estimate of drug-likeness (QED) is 0.847. The molecule has 1 fully saturated rings. The van der Waals surface area contributed by atoms with Gasteiger partial charge in [-0.2, -0.15) is 0 Å². The second kappa shape index (κ2) is 8.53. The van der Waals surface area contributed by atoms with E-state index in [2.05, 4.69) is 5.32 Å². The molecule has 1 amide bonds. The second-order valence-corrected chi connectivity index (χ2v) is 6.28. The van der Waals surface area contributed by atoms with Crippen LogP contribution < -0.4 is 10.1 Å². The van der Waals surface area contributed by atoms with Crippen molar-refractivity contribution >= 4 is 5.91 Å². The van der Waals surface area contributed by atoms with Crippen LogP contribution in [0.25, 0.3) is 0 Å². The molecule has 3 rings (SSSR count). The first kappa shape index (κ1) is 17.3. The summed E-state index contributed by atoms with van der Waals surface area (Å²) in [6, 6.07) is 16.0. The summed E-state index contributed by atoms with van der Waals surface area (Å²) < 4.78 is 11.6. The SMILES string of the molecule is O=C(NC[C@@H]1CC[C@H](COc2ccccc2)OC1)c1ccc(O)cc1. The van der Waals surface area contributed by atoms with Gasteiger partial charge in [-0.1, -0.05) is 18.2 Å². The summed E-state index contributed by atoms with van der Waals surface area (Å²) in [5.41, 5.74) is 0.545. The van der Waals surface area contributed by atoms with E-state index in [1.807, 2.05) is 30.3 Å². The molecule has 0 spiro atoms. The Morgan fingerprint density at radius 1 is 1.12 bits per heavy atom. The molecule has 2 atom stereocenters. The van der Waals surface area contributed by atoms with Gasteiger partial charge in [-0.25, -0.2) is 0 Å². The van der Waals surface area contributed by atoms with Gasteiger partial charge in [0.05, 0.1) is 12.7 Å². The molecule has 1 aliphatic rings. The highest BCUT2D eigenvalue weighted by Crippen LogP contribution is 2.20. The van der Waals surface area contributed by atoms with Gasteiger partial charge in [0, 0.05) is 12.1 Å². The van der Waals surface area contributed by atoms with Crippen LogP contribution in [0.5, 0.6) is 11.5 Å². The third-order valence-corrected chi connectivity index (χ3v) is 4.32. The van der Waals surface area contributed by atoms with Crippen molar-refractivity contribution in [3.63, 3.8) is 0 Å². The standard InChI is InChI=1S/C20H23NO4/c22-17-9-7-16(8-10-17)20(23)21-12-15-6-11-19(24-13-15)14-25-18-4-2-1-3-5-18/h1-5,7-10,15,19,22H,6,11-14H2,(H,21,23)/t15-,19+/m0/s1. The monoisotopic (exact) mass is 341 g/mol. The Morgan fingerprint density at radius 3 is 2.56 bits per heavy atom. The summed E-state index contributed by atoms with van der Waals surface area (Å²) in [5.74, 6) is 1.19. The van der Waals surface area contributed by atoms with E-state index in [9.17, 15) is 9.90 Å². The van der Waals surface area contributed by atoms with Gasteiger partial charge in [0.15, 0.2) is 0 Å². The van der Waals surface area contributed by atoms with Crippen molar-refractivity contribution in [1.82, 2.24) is 5.32 Å². The van der Waals surface area contributed by atoms with Gasteiger partial charge in [-0.05, 0) is 55.2 Å². The molecule has 1 heterocycles. The van der Waals surface area contributed by atoms with Gasteiger partial charge < -0.3 is 19.9 Å². The lowest BCUT2D eigenvalue weighted by molar-refractivity contribution is -0.0365. The van der Waals surface area contributed by atoms with Crippen LogP contribution in [0.3, 0.4) is 0 Å². The lowest BCUT2D eigenvalue weighted by atomic mass is 9.98. The average Bonchev–Trinajstić information content (AvgIpc) is 2.67. The Hall–Kier alpha value is -2.53. The van der Waals surface area contributed by atoms with Crippen LogP contribution >= 0.6 is 0 Å². The predicted molar refractivity (Wildman–Crippen MR) is 94.8 cm³/mol. The number of rotatable bonds is 6. The van der Waals surface area contributed by atoms with E-state index in [1.165, 1.54) is 12.1 Å². The van der Waals surface area contributed by atoms with E-state index >= 15 is 0 Å². The normalized spacial score (nSPS) is 20.0. The summed E-state index contributed by atoms with van der Waals surface area (Å²) in [5, 5.41) is 12.2. The van der Waals surface area contributed by atoms with Gasteiger partial charge in [-0.15, -0.1) is 0 Å². The molecule has 2 aromatic rings. The number of carbonyl (C=O) groups is 1. The number of ether oxygens (including phenoxy) is 2. The Morgan fingerprint density at radius 2 is 1.88 bits per heavy atom. The number of benzene rings is 2. The highest BCUT2D eigenvalue weighted by molar-refractivity contribution is 5.94. The van der Waals surface area contributed by atoms with Crippen molar-refractivity contribution in [3.05, 3.63) is 60.2 Å². The minimum absolute atomic E-state index is 0.101. The van der Waals surface area contributed by atoms with Crippen LogP contribution in [-0.4, -0.2) is 36.9 Å². The molecule has 0 aromatic heterocycles. The van der Waals surface area contributed by atoms with Crippen LogP contribution in [0.15, 0.2) is 54.6 Å². The number of carbonyl (C=O) groups excluding carboxylic acids is 1. The van der Waals surface area contributed by atoms with Gasteiger partial charge >= 0.3 is 0 Å². The molecule has 0 bridgehead atoms. The Kier molecular flexibility index (Phi) is 5.90. The lowest BCUT2D eigenvalue weighted by Crippen LogP contribution is -2.37. The third-order valence-electron chi connectivity index (χ3n) is 4.32. The number of hydrogen-bond donors (Lipinski definition) is 2. The molecule has 1 saturated heterocycles. The van der Waals surface area contributed by atoms with Crippen LogP contribution in [0, 0.1) is 5.92 Å². The molecule has 2 aromatic carbocycles. The zero-order chi connectivity index (χ0) is 17.5. The number of phenols is 1. The zero-order valence-electron chi connectivity index (χ0n) is 14.1. The maximum atomic E-state index is 12.1. The van der Waals surface area contributed by atoms with E-state index in [1.54, 1.807) is 12.1 Å². The predicted octanol–water partition coefficient (Wildman–Crippen LogP) is 3.00. The van der Waals surface area contributed by atoms with E-state index in [4.69, 9.17) is 9.47 Å². The zero-order valence-corrected chi connectivity index (χ0v) is 14.1. The Bertz CT molecular complexity index is 664. The van der Waals surface area contributed by atoms with Gasteiger partial charge in [0.2, 0.25) is 0 Å². The first-order valence-electron chi connectivity index (χ1n) is 8.57. The molecule has 0 unspecified atom stereocenters. The van der Waals surface area contributed by atoms with Crippen LogP contribution in [0.2, 0.25) is 0 Å². The minimum Gasteiger partial charge on any atom is -0.508 e. The van der Waals surface area contributed by atoms with Crippen molar-refractivity contribution in [2.75, 3.05) is 19.8 Å². The van der Waals surface area contributed by atoms with Gasteiger partial charge in [0.25, 0.3) is 5.91 Å². The van der Waals surface area contributed by atoms with Gasteiger partial charge in [0.1, 0.15) is 18.1 Å². The molecular formula is C20H23NO4. The molecule has 5 nitrogen and oxygen atoms in total. The number of para-hydroxylation sites is 1. The Labute approximate surface area is 147 Å². The fourth-order valence-electron chi connectivity index (χ4n) is 2.81. The van der Waals surface area contributed by atoms with Crippen molar-refractivity contribution < 1.29 is 19.4 Å². The summed E-state index contributed by atoms with van der Waals surface area (Å²) in [4.78, 5) is 12.1. The molecule has 25 heavy (non-hydrogen) atoms. The number of nitrogens with one attached hydrogen (secondary N) is 1. The van der Waals surface area contributed by atoms with Crippen LogP contribution in [0.1, 0.15) is 23.2 Å². The summed E-state index contributed by atoms with van der Waals surface area (Å²) in [6.07, 6.45) is 2.02. The molecule has 0 aliphatic carbocycles. The van der Waals surface area contributed by atoms with Crippen molar-refractivity contribution in [2.24, 2.45) is 5.92 Å². The number of aromatic hydroxyl groups is 1. The second-order valence-electron chi connectivity index (χ2n) is 6.28. The number of amides is 1. The van der Waals surface area contributed by atoms with Crippen molar-refractivity contribution in [1.29, 1.82) is 0 Å². The molecule has 5 heteroatoms. The molecule has 2 N–H and O–H groups in total. The van der Waals surface area contributed by atoms with E-state index in [-0.39, 0.29) is 17.8 Å². The van der Waals surface area contributed by atoms with E-state index in [0.717, 1.165) is 18.6 Å². The van der Waals surface area contributed by atoms with Crippen molar-refractivity contribution in [2.45, 2.75) is 18.9 Å². The molecule has 1 aliphatic heterocycles. The van der Waals surface area contributed by atoms with E-state index < -0.39 is 0 Å². The maximum Gasteiger partial charge on any atom is 0.251 e. The fourth-order valence-corrected chi connectivity index (χ4v) is 2.81. The summed E-state index contributed by atoms with van der Waals surface area (Å²) in [7, 11) is 0. The van der Waals surface area contributed by atoms with Gasteiger partial charge in [-0.3, -0.25) is 4.79 Å².